The molecule has 0 amide bonds. The summed E-state index contributed by atoms with van der Waals surface area (Å²) >= 11 is 0. The summed E-state index contributed by atoms with van der Waals surface area (Å²) in [6.07, 6.45) is 6.10. The maximum atomic E-state index is 9.25. The van der Waals surface area contributed by atoms with E-state index in [4.69, 9.17) is 4.74 Å². The van der Waals surface area contributed by atoms with Gasteiger partial charge in [0, 0.05) is 0 Å². The summed E-state index contributed by atoms with van der Waals surface area (Å²) in [6.45, 7) is 8.00. The molecule has 2 heteroatoms. The molecule has 0 spiro atoms. The average molecular weight is 202 g/mol. The van der Waals surface area contributed by atoms with Crippen LogP contribution in [0.1, 0.15) is 59.8 Å². The van der Waals surface area contributed by atoms with Crippen molar-refractivity contribution in [1.29, 1.82) is 0 Å². The van der Waals surface area contributed by atoms with E-state index in [0.29, 0.717) is 0 Å². The number of aliphatic hydroxyl groups excluding tert-OH is 1. The number of rotatable bonds is 8. The molecule has 0 aromatic heterocycles. The molecule has 0 aliphatic heterocycles. The first-order valence-electron chi connectivity index (χ1n) is 5.91. The third-order valence-electron chi connectivity index (χ3n) is 2.59. The third kappa shape index (κ3) is 7.34. The van der Waals surface area contributed by atoms with Gasteiger partial charge >= 0.3 is 0 Å². The quantitative estimate of drug-likeness (QED) is 0.613. The summed E-state index contributed by atoms with van der Waals surface area (Å²) < 4.78 is 5.64. The number of aliphatic hydroxyl groups is 1. The topological polar surface area (TPSA) is 29.5 Å². The van der Waals surface area contributed by atoms with Crippen LogP contribution in [0, 0.1) is 0 Å². The predicted molar refractivity (Wildman–Crippen MR) is 60.4 cm³/mol. The van der Waals surface area contributed by atoms with Crippen molar-refractivity contribution in [3.8, 4) is 0 Å². The van der Waals surface area contributed by atoms with Crippen molar-refractivity contribution in [3.63, 3.8) is 0 Å². The smallest absolute Gasteiger partial charge is 0.0806 e. The van der Waals surface area contributed by atoms with E-state index in [1.54, 1.807) is 6.92 Å². The lowest BCUT2D eigenvalue weighted by atomic mass is 10.1. The van der Waals surface area contributed by atoms with Crippen LogP contribution in [0.25, 0.3) is 0 Å². The second-order valence-electron chi connectivity index (χ2n) is 4.24. The summed E-state index contributed by atoms with van der Waals surface area (Å²) in [4.78, 5) is 0. The van der Waals surface area contributed by atoms with Crippen LogP contribution in [0.4, 0.5) is 0 Å². The second-order valence-corrected chi connectivity index (χ2v) is 4.24. The molecule has 0 heterocycles. The van der Waals surface area contributed by atoms with E-state index in [1.807, 2.05) is 6.92 Å². The van der Waals surface area contributed by atoms with E-state index in [9.17, 15) is 5.11 Å². The highest BCUT2D eigenvalue weighted by atomic mass is 16.5. The predicted octanol–water partition coefficient (Wildman–Crippen LogP) is 3.13. The molecular formula is C12H26O2. The van der Waals surface area contributed by atoms with E-state index in [1.165, 1.54) is 25.7 Å². The van der Waals surface area contributed by atoms with Crippen molar-refractivity contribution in [2.24, 2.45) is 0 Å². The highest BCUT2D eigenvalue weighted by Crippen LogP contribution is 2.10. The highest BCUT2D eigenvalue weighted by molar-refractivity contribution is 4.60. The highest BCUT2D eigenvalue weighted by Gasteiger charge is 2.12. The second kappa shape index (κ2) is 8.25. The zero-order valence-electron chi connectivity index (χ0n) is 10.1. The van der Waals surface area contributed by atoms with E-state index < -0.39 is 0 Å². The molecule has 0 aromatic carbocycles. The Bertz CT molecular complexity index is 123. The fourth-order valence-electron chi connectivity index (χ4n) is 1.41. The minimum absolute atomic E-state index is 0.0452. The van der Waals surface area contributed by atoms with E-state index in [-0.39, 0.29) is 18.3 Å². The molecule has 0 radical (unpaired) electrons. The minimum Gasteiger partial charge on any atom is -0.391 e. The maximum absolute atomic E-state index is 9.25. The molecule has 3 atom stereocenters. The van der Waals surface area contributed by atoms with Gasteiger partial charge in [0.1, 0.15) is 0 Å². The fraction of sp³-hybridized carbons (Fsp3) is 1.00. The van der Waals surface area contributed by atoms with Crippen LogP contribution in [-0.2, 0) is 4.74 Å². The summed E-state index contributed by atoms with van der Waals surface area (Å²) in [7, 11) is 0. The molecule has 0 rings (SSSR count). The van der Waals surface area contributed by atoms with Crippen molar-refractivity contribution >= 4 is 0 Å². The number of ether oxygens (including phenoxy) is 1. The van der Waals surface area contributed by atoms with Crippen LogP contribution in [0.2, 0.25) is 0 Å². The van der Waals surface area contributed by atoms with Crippen molar-refractivity contribution in [1.82, 2.24) is 0 Å². The summed E-state index contributed by atoms with van der Waals surface area (Å²) in [5.74, 6) is 0. The largest absolute Gasteiger partial charge is 0.391 e. The van der Waals surface area contributed by atoms with E-state index >= 15 is 0 Å². The van der Waals surface area contributed by atoms with Crippen LogP contribution in [0.3, 0.4) is 0 Å². The molecular weight excluding hydrogens is 176 g/mol. The van der Waals surface area contributed by atoms with Gasteiger partial charge in [0.25, 0.3) is 0 Å². The number of hydrogen-bond donors (Lipinski definition) is 1. The molecule has 0 bridgehead atoms. The van der Waals surface area contributed by atoms with Gasteiger partial charge < -0.3 is 9.84 Å². The van der Waals surface area contributed by atoms with Crippen LogP contribution in [-0.4, -0.2) is 23.4 Å². The summed E-state index contributed by atoms with van der Waals surface area (Å²) in [5.41, 5.74) is 0. The summed E-state index contributed by atoms with van der Waals surface area (Å²) in [5, 5.41) is 9.25. The Morgan fingerprint density at radius 3 is 2.21 bits per heavy atom. The fourth-order valence-corrected chi connectivity index (χ4v) is 1.41. The first-order valence-corrected chi connectivity index (χ1v) is 5.91. The third-order valence-corrected chi connectivity index (χ3v) is 2.59. The Hall–Kier alpha value is -0.0800. The van der Waals surface area contributed by atoms with Gasteiger partial charge in [-0.3, -0.25) is 0 Å². The summed E-state index contributed by atoms with van der Waals surface area (Å²) in [6, 6.07) is 0. The van der Waals surface area contributed by atoms with Crippen molar-refractivity contribution in [2.45, 2.75) is 78.1 Å². The maximum Gasteiger partial charge on any atom is 0.0806 e. The SMILES string of the molecule is CCCCCCC(C)OC(C)C(C)O. The molecule has 0 aliphatic carbocycles. The lowest BCUT2D eigenvalue weighted by molar-refractivity contribution is -0.0573. The van der Waals surface area contributed by atoms with Gasteiger partial charge in [-0.15, -0.1) is 0 Å². The first kappa shape index (κ1) is 13.9. The van der Waals surface area contributed by atoms with Crippen molar-refractivity contribution < 1.29 is 9.84 Å². The lowest BCUT2D eigenvalue weighted by Crippen LogP contribution is -2.27. The molecule has 0 fully saturated rings. The number of hydrogen-bond acceptors (Lipinski definition) is 2. The Morgan fingerprint density at radius 2 is 1.71 bits per heavy atom. The zero-order chi connectivity index (χ0) is 11.0. The van der Waals surface area contributed by atoms with Gasteiger partial charge in [-0.05, 0) is 27.2 Å². The molecule has 2 nitrogen and oxygen atoms in total. The lowest BCUT2D eigenvalue weighted by Gasteiger charge is -2.21. The molecule has 3 unspecified atom stereocenters. The van der Waals surface area contributed by atoms with E-state index in [2.05, 4.69) is 13.8 Å². The standard InChI is InChI=1S/C12H26O2/c1-5-6-7-8-9-10(2)14-12(4)11(3)13/h10-13H,5-9H2,1-4H3. The van der Waals surface area contributed by atoms with E-state index in [0.717, 1.165) is 6.42 Å². The number of unbranched alkanes of at least 4 members (excludes halogenated alkanes) is 3. The van der Waals surface area contributed by atoms with Gasteiger partial charge in [0.2, 0.25) is 0 Å². The van der Waals surface area contributed by atoms with Gasteiger partial charge in [0.05, 0.1) is 18.3 Å². The minimum atomic E-state index is -0.368. The molecule has 0 aliphatic rings. The van der Waals surface area contributed by atoms with Crippen molar-refractivity contribution in [2.75, 3.05) is 0 Å². The van der Waals surface area contributed by atoms with Crippen LogP contribution in [0.5, 0.6) is 0 Å². The normalized spacial score (nSPS) is 17.8. The van der Waals surface area contributed by atoms with Gasteiger partial charge in [0.15, 0.2) is 0 Å². The molecule has 0 saturated carbocycles. The first-order chi connectivity index (χ1) is 6.57. The molecule has 0 aromatic rings. The monoisotopic (exact) mass is 202 g/mol. The average Bonchev–Trinajstić information content (AvgIpc) is 2.12. The van der Waals surface area contributed by atoms with Gasteiger partial charge in [-0.25, -0.2) is 0 Å². The Morgan fingerprint density at radius 1 is 1.07 bits per heavy atom. The molecule has 86 valence electrons. The van der Waals surface area contributed by atoms with Crippen molar-refractivity contribution in [3.05, 3.63) is 0 Å². The Balaban J connectivity index is 3.40. The van der Waals surface area contributed by atoms with Gasteiger partial charge in [-0.2, -0.15) is 0 Å². The van der Waals surface area contributed by atoms with Crippen LogP contribution in [0.15, 0.2) is 0 Å². The van der Waals surface area contributed by atoms with Crippen LogP contribution < -0.4 is 0 Å². The van der Waals surface area contributed by atoms with Crippen LogP contribution >= 0.6 is 0 Å². The molecule has 0 saturated heterocycles. The Kier molecular flexibility index (Phi) is 8.20. The zero-order valence-corrected chi connectivity index (χ0v) is 10.1. The Labute approximate surface area is 88.7 Å². The molecule has 14 heavy (non-hydrogen) atoms. The van der Waals surface area contributed by atoms with Gasteiger partial charge in [-0.1, -0.05) is 32.6 Å². The molecule has 1 N–H and O–H groups in total.